The zero-order chi connectivity index (χ0) is 9.31. The van der Waals surface area contributed by atoms with Crippen molar-refractivity contribution in [2.24, 2.45) is 21.0 Å². The number of nitrogens with two attached hydrogens (primary N) is 1. The molecule has 4 nitrogen and oxygen atoms in total. The Bertz CT molecular complexity index is 344. The Morgan fingerprint density at radius 1 is 1.23 bits per heavy atom. The van der Waals surface area contributed by atoms with Crippen LogP contribution < -0.4 is 5.73 Å². The standard InChI is InChI=1S/C9H10N4/c1-9(10)6-11-7-4-2-3-5-8(7)12-13-9/h2-6H,10H2,1H3. The molecule has 1 aliphatic rings. The molecule has 0 radical (unpaired) electrons. The molecule has 0 fully saturated rings. The molecule has 0 saturated carbocycles. The van der Waals surface area contributed by atoms with E-state index in [2.05, 4.69) is 15.2 Å². The van der Waals surface area contributed by atoms with Crippen LogP contribution >= 0.6 is 0 Å². The fourth-order valence-corrected chi connectivity index (χ4v) is 1.05. The maximum atomic E-state index is 5.75. The second kappa shape index (κ2) is 2.74. The molecule has 1 atom stereocenters. The molecule has 1 aromatic carbocycles. The zero-order valence-corrected chi connectivity index (χ0v) is 7.31. The van der Waals surface area contributed by atoms with Crippen molar-refractivity contribution in [2.75, 3.05) is 0 Å². The molecule has 4 heteroatoms. The first kappa shape index (κ1) is 8.07. The van der Waals surface area contributed by atoms with E-state index in [9.17, 15) is 0 Å². The van der Waals surface area contributed by atoms with E-state index in [1.165, 1.54) is 0 Å². The van der Waals surface area contributed by atoms with E-state index in [4.69, 9.17) is 5.73 Å². The number of aliphatic imine (C=N–C) groups is 1. The van der Waals surface area contributed by atoms with E-state index in [0.717, 1.165) is 11.4 Å². The Balaban J connectivity index is 2.53. The normalized spacial score (nSPS) is 25.4. The van der Waals surface area contributed by atoms with Gasteiger partial charge in [-0.25, -0.2) is 0 Å². The number of hydrogen-bond acceptors (Lipinski definition) is 4. The van der Waals surface area contributed by atoms with Gasteiger partial charge in [-0.1, -0.05) is 12.1 Å². The van der Waals surface area contributed by atoms with Gasteiger partial charge in [0.25, 0.3) is 0 Å². The highest BCUT2D eigenvalue weighted by Gasteiger charge is 2.16. The topological polar surface area (TPSA) is 63.1 Å². The van der Waals surface area contributed by atoms with Crippen LogP contribution in [0.5, 0.6) is 0 Å². The SMILES string of the molecule is CC1(N)C=Nc2ccccc2N=N1. The van der Waals surface area contributed by atoms with Crippen LogP contribution in [0.3, 0.4) is 0 Å². The molecule has 13 heavy (non-hydrogen) atoms. The van der Waals surface area contributed by atoms with Crippen LogP contribution in [0.15, 0.2) is 39.5 Å². The van der Waals surface area contributed by atoms with Crippen LogP contribution in [0, 0.1) is 0 Å². The highest BCUT2D eigenvalue weighted by Crippen LogP contribution is 2.30. The maximum absolute atomic E-state index is 5.75. The minimum Gasteiger partial charge on any atom is -0.301 e. The van der Waals surface area contributed by atoms with E-state index in [0.29, 0.717) is 0 Å². The molecule has 66 valence electrons. The van der Waals surface area contributed by atoms with Crippen molar-refractivity contribution in [2.45, 2.75) is 12.6 Å². The van der Waals surface area contributed by atoms with E-state index in [1.54, 1.807) is 13.1 Å². The number of benzene rings is 1. The molecule has 0 amide bonds. The van der Waals surface area contributed by atoms with Crippen LogP contribution in [0.1, 0.15) is 6.92 Å². The summed E-state index contributed by atoms with van der Waals surface area (Å²) in [5.41, 5.74) is 6.52. The van der Waals surface area contributed by atoms with Gasteiger partial charge in [-0.2, -0.15) is 10.2 Å². The van der Waals surface area contributed by atoms with Crippen molar-refractivity contribution in [1.82, 2.24) is 0 Å². The Morgan fingerprint density at radius 2 is 1.92 bits per heavy atom. The second-order valence-corrected chi connectivity index (χ2v) is 3.17. The fraction of sp³-hybridized carbons (Fsp3) is 0.222. The molecule has 0 bridgehead atoms. The van der Waals surface area contributed by atoms with Crippen molar-refractivity contribution >= 4 is 17.6 Å². The molecule has 1 aromatic rings. The Morgan fingerprint density at radius 3 is 2.69 bits per heavy atom. The third kappa shape index (κ3) is 1.62. The van der Waals surface area contributed by atoms with Crippen molar-refractivity contribution in [1.29, 1.82) is 0 Å². The first-order valence-electron chi connectivity index (χ1n) is 4.03. The van der Waals surface area contributed by atoms with E-state index >= 15 is 0 Å². The molecule has 1 heterocycles. The number of para-hydroxylation sites is 1. The monoisotopic (exact) mass is 174 g/mol. The first-order chi connectivity index (χ1) is 6.17. The Hall–Kier alpha value is -1.55. The Labute approximate surface area is 76.2 Å². The summed E-state index contributed by atoms with van der Waals surface area (Å²) in [7, 11) is 0. The quantitative estimate of drug-likeness (QED) is 0.643. The second-order valence-electron chi connectivity index (χ2n) is 3.17. The molecule has 0 saturated heterocycles. The van der Waals surface area contributed by atoms with Crippen molar-refractivity contribution in [3.05, 3.63) is 24.3 Å². The highest BCUT2D eigenvalue weighted by molar-refractivity contribution is 5.77. The molecular formula is C9H10N4. The minimum atomic E-state index is -0.793. The lowest BCUT2D eigenvalue weighted by atomic mass is 10.2. The molecule has 0 aromatic heterocycles. The summed E-state index contributed by atoms with van der Waals surface area (Å²) in [6, 6.07) is 7.54. The maximum Gasteiger partial charge on any atom is 0.162 e. The third-order valence-corrected chi connectivity index (χ3v) is 1.72. The van der Waals surface area contributed by atoms with E-state index < -0.39 is 5.66 Å². The fourth-order valence-electron chi connectivity index (χ4n) is 1.05. The Kier molecular flexibility index (Phi) is 1.70. The van der Waals surface area contributed by atoms with Gasteiger partial charge >= 0.3 is 0 Å². The number of fused-ring (bicyclic) bond motifs is 1. The highest BCUT2D eigenvalue weighted by atomic mass is 15.2. The third-order valence-electron chi connectivity index (χ3n) is 1.72. The summed E-state index contributed by atoms with van der Waals surface area (Å²) < 4.78 is 0. The van der Waals surface area contributed by atoms with Gasteiger partial charge < -0.3 is 5.73 Å². The lowest BCUT2D eigenvalue weighted by Crippen LogP contribution is -2.34. The van der Waals surface area contributed by atoms with Crippen LogP contribution in [0.25, 0.3) is 0 Å². The predicted octanol–water partition coefficient (Wildman–Crippen LogP) is 2.16. The van der Waals surface area contributed by atoms with Gasteiger partial charge in [-0.15, -0.1) is 0 Å². The lowest BCUT2D eigenvalue weighted by Gasteiger charge is -2.08. The number of azo groups is 1. The smallest absolute Gasteiger partial charge is 0.162 e. The van der Waals surface area contributed by atoms with Crippen LogP contribution in [0.4, 0.5) is 11.4 Å². The average Bonchev–Trinajstić information content (AvgIpc) is 2.27. The molecule has 0 aliphatic carbocycles. The van der Waals surface area contributed by atoms with Gasteiger partial charge in [0.15, 0.2) is 5.66 Å². The number of rotatable bonds is 0. The summed E-state index contributed by atoms with van der Waals surface area (Å²) in [4.78, 5) is 4.20. The zero-order valence-electron chi connectivity index (χ0n) is 7.31. The van der Waals surface area contributed by atoms with Gasteiger partial charge in [0.05, 0.1) is 5.69 Å². The molecule has 1 aliphatic heterocycles. The average molecular weight is 174 g/mol. The number of nitrogens with zero attached hydrogens (tertiary/aromatic N) is 3. The van der Waals surface area contributed by atoms with Crippen LogP contribution in [-0.2, 0) is 0 Å². The lowest BCUT2D eigenvalue weighted by molar-refractivity contribution is 0.642. The van der Waals surface area contributed by atoms with Gasteiger partial charge in [-0.3, -0.25) is 4.99 Å². The van der Waals surface area contributed by atoms with Crippen LogP contribution in [-0.4, -0.2) is 11.9 Å². The van der Waals surface area contributed by atoms with Crippen molar-refractivity contribution in [3.8, 4) is 0 Å². The summed E-state index contributed by atoms with van der Waals surface area (Å²) in [6.45, 7) is 1.76. The molecular weight excluding hydrogens is 164 g/mol. The molecule has 1 unspecified atom stereocenters. The predicted molar refractivity (Wildman–Crippen MR) is 51.7 cm³/mol. The molecule has 2 rings (SSSR count). The van der Waals surface area contributed by atoms with E-state index in [-0.39, 0.29) is 0 Å². The summed E-state index contributed by atoms with van der Waals surface area (Å²) in [5.74, 6) is 0. The van der Waals surface area contributed by atoms with Crippen molar-refractivity contribution < 1.29 is 0 Å². The summed E-state index contributed by atoms with van der Waals surface area (Å²) in [6.07, 6.45) is 1.60. The van der Waals surface area contributed by atoms with E-state index in [1.807, 2.05) is 24.3 Å². The largest absolute Gasteiger partial charge is 0.301 e. The first-order valence-corrected chi connectivity index (χ1v) is 4.03. The van der Waals surface area contributed by atoms with Gasteiger partial charge in [0.2, 0.25) is 0 Å². The van der Waals surface area contributed by atoms with Crippen LogP contribution in [0.2, 0.25) is 0 Å². The number of hydrogen-bond donors (Lipinski definition) is 1. The molecule has 0 spiro atoms. The van der Waals surface area contributed by atoms with Gasteiger partial charge in [0.1, 0.15) is 5.69 Å². The van der Waals surface area contributed by atoms with Gasteiger partial charge in [0, 0.05) is 6.21 Å². The van der Waals surface area contributed by atoms with Crippen molar-refractivity contribution in [3.63, 3.8) is 0 Å². The van der Waals surface area contributed by atoms with Gasteiger partial charge in [-0.05, 0) is 19.1 Å². The summed E-state index contributed by atoms with van der Waals surface area (Å²) >= 11 is 0. The molecule has 2 N–H and O–H groups in total. The minimum absolute atomic E-state index is 0.757. The summed E-state index contributed by atoms with van der Waals surface area (Å²) in [5, 5.41) is 7.96.